The first-order valence-corrected chi connectivity index (χ1v) is 6.93. The Hall–Kier alpha value is -1.46. The molecule has 0 atom stereocenters. The molecule has 0 aliphatic carbocycles. The molecule has 0 saturated carbocycles. The first-order chi connectivity index (χ1) is 9.20. The minimum absolute atomic E-state index is 0.935. The smallest absolute Gasteiger partial charge is 0.155 e. The maximum Gasteiger partial charge on any atom is 0.155 e. The first-order valence-electron chi connectivity index (χ1n) is 6.93. The molecule has 1 aliphatic rings. The molecule has 0 aromatic carbocycles. The zero-order chi connectivity index (χ0) is 13.2. The minimum atomic E-state index is 0.935. The molecule has 2 aromatic rings. The molecule has 3 heterocycles. The van der Waals surface area contributed by atoms with Crippen molar-refractivity contribution in [1.82, 2.24) is 24.4 Å². The van der Waals surface area contributed by atoms with Crippen LogP contribution in [0.2, 0.25) is 0 Å². The molecule has 1 fully saturated rings. The summed E-state index contributed by atoms with van der Waals surface area (Å²) in [7, 11) is 2.18. The molecule has 5 nitrogen and oxygen atoms in total. The van der Waals surface area contributed by atoms with Crippen molar-refractivity contribution in [3.8, 4) is 0 Å². The second kappa shape index (κ2) is 5.27. The van der Waals surface area contributed by atoms with Gasteiger partial charge in [-0.05, 0) is 25.6 Å². The van der Waals surface area contributed by atoms with Gasteiger partial charge in [0.15, 0.2) is 11.5 Å². The standard InChI is InChI=1S/C14H21N5/c1-12-3-4-14-15-13(16-19(14)11-12)5-6-18-9-7-17(2)8-10-18/h3-4,11H,5-10H2,1-2H3. The van der Waals surface area contributed by atoms with E-state index in [1.807, 2.05) is 16.8 Å². The summed E-state index contributed by atoms with van der Waals surface area (Å²) in [5, 5.41) is 4.54. The van der Waals surface area contributed by atoms with E-state index in [1.165, 1.54) is 5.56 Å². The number of piperazine rings is 1. The van der Waals surface area contributed by atoms with Crippen LogP contribution in [0.5, 0.6) is 0 Å². The minimum Gasteiger partial charge on any atom is -0.304 e. The highest BCUT2D eigenvalue weighted by Gasteiger charge is 2.14. The van der Waals surface area contributed by atoms with Crippen molar-refractivity contribution in [3.05, 3.63) is 29.7 Å². The summed E-state index contributed by atoms with van der Waals surface area (Å²) in [4.78, 5) is 9.44. The maximum absolute atomic E-state index is 4.57. The number of aromatic nitrogens is 3. The summed E-state index contributed by atoms with van der Waals surface area (Å²) in [6.07, 6.45) is 2.96. The molecular weight excluding hydrogens is 238 g/mol. The SMILES string of the molecule is Cc1ccc2nc(CCN3CCN(C)CC3)nn2c1. The average Bonchev–Trinajstić information content (AvgIpc) is 2.80. The van der Waals surface area contributed by atoms with Gasteiger partial charge in [-0.25, -0.2) is 9.50 Å². The molecule has 0 spiro atoms. The van der Waals surface area contributed by atoms with Crippen LogP contribution in [0.25, 0.3) is 5.65 Å². The summed E-state index contributed by atoms with van der Waals surface area (Å²) < 4.78 is 1.88. The maximum atomic E-state index is 4.57. The number of likely N-dealkylation sites (N-methyl/N-ethyl adjacent to an activating group) is 1. The van der Waals surface area contributed by atoms with Gasteiger partial charge in [0, 0.05) is 45.3 Å². The number of hydrogen-bond acceptors (Lipinski definition) is 4. The van der Waals surface area contributed by atoms with E-state index in [2.05, 4.69) is 39.9 Å². The Labute approximate surface area is 113 Å². The van der Waals surface area contributed by atoms with Gasteiger partial charge in [-0.15, -0.1) is 0 Å². The van der Waals surface area contributed by atoms with Crippen LogP contribution in [0, 0.1) is 6.92 Å². The Balaban J connectivity index is 1.62. The highest BCUT2D eigenvalue weighted by Crippen LogP contribution is 2.06. The highest BCUT2D eigenvalue weighted by atomic mass is 15.3. The molecule has 0 radical (unpaired) electrons. The second-order valence-corrected chi connectivity index (χ2v) is 5.43. The van der Waals surface area contributed by atoms with Crippen molar-refractivity contribution in [2.75, 3.05) is 39.8 Å². The van der Waals surface area contributed by atoms with E-state index in [4.69, 9.17) is 0 Å². The lowest BCUT2D eigenvalue weighted by atomic mass is 10.3. The van der Waals surface area contributed by atoms with Gasteiger partial charge in [0.25, 0.3) is 0 Å². The molecule has 2 aromatic heterocycles. The summed E-state index contributed by atoms with van der Waals surface area (Å²) in [5.74, 6) is 0.949. The average molecular weight is 259 g/mol. The van der Waals surface area contributed by atoms with Gasteiger partial charge in [0.05, 0.1) is 0 Å². The molecule has 1 aliphatic heterocycles. The number of rotatable bonds is 3. The molecule has 0 bridgehead atoms. The van der Waals surface area contributed by atoms with Gasteiger partial charge in [0.2, 0.25) is 0 Å². The zero-order valence-corrected chi connectivity index (χ0v) is 11.7. The highest BCUT2D eigenvalue weighted by molar-refractivity contribution is 5.38. The molecule has 0 amide bonds. The fourth-order valence-electron chi connectivity index (χ4n) is 2.47. The van der Waals surface area contributed by atoms with Crippen molar-refractivity contribution in [1.29, 1.82) is 0 Å². The van der Waals surface area contributed by atoms with Crippen molar-refractivity contribution < 1.29 is 0 Å². The third-order valence-electron chi connectivity index (χ3n) is 3.77. The van der Waals surface area contributed by atoms with Gasteiger partial charge >= 0.3 is 0 Å². The van der Waals surface area contributed by atoms with E-state index < -0.39 is 0 Å². The van der Waals surface area contributed by atoms with Crippen LogP contribution < -0.4 is 0 Å². The van der Waals surface area contributed by atoms with Gasteiger partial charge in [-0.2, -0.15) is 5.10 Å². The molecule has 0 N–H and O–H groups in total. The van der Waals surface area contributed by atoms with Crippen LogP contribution in [-0.2, 0) is 6.42 Å². The third-order valence-corrected chi connectivity index (χ3v) is 3.77. The van der Waals surface area contributed by atoms with Gasteiger partial charge in [-0.3, -0.25) is 0 Å². The topological polar surface area (TPSA) is 36.7 Å². The molecular formula is C14H21N5. The summed E-state index contributed by atoms with van der Waals surface area (Å²) in [6.45, 7) is 7.77. The monoisotopic (exact) mass is 259 g/mol. The zero-order valence-electron chi connectivity index (χ0n) is 11.7. The van der Waals surface area contributed by atoms with Crippen molar-refractivity contribution in [3.63, 3.8) is 0 Å². The molecule has 3 rings (SSSR count). The first kappa shape index (κ1) is 12.6. The second-order valence-electron chi connectivity index (χ2n) is 5.43. The quantitative estimate of drug-likeness (QED) is 0.818. The number of fused-ring (bicyclic) bond motifs is 1. The Bertz CT molecular complexity index is 554. The molecule has 1 saturated heterocycles. The van der Waals surface area contributed by atoms with Crippen LogP contribution in [0.4, 0.5) is 0 Å². The van der Waals surface area contributed by atoms with Crippen LogP contribution in [-0.4, -0.2) is 64.2 Å². The van der Waals surface area contributed by atoms with E-state index in [0.29, 0.717) is 0 Å². The lowest BCUT2D eigenvalue weighted by Gasteiger charge is -2.31. The van der Waals surface area contributed by atoms with Crippen molar-refractivity contribution >= 4 is 5.65 Å². The van der Waals surface area contributed by atoms with Crippen LogP contribution in [0.1, 0.15) is 11.4 Å². The van der Waals surface area contributed by atoms with E-state index in [9.17, 15) is 0 Å². The van der Waals surface area contributed by atoms with Crippen LogP contribution in [0.3, 0.4) is 0 Å². The lowest BCUT2D eigenvalue weighted by molar-refractivity contribution is 0.155. The number of nitrogens with zero attached hydrogens (tertiary/aromatic N) is 5. The van der Waals surface area contributed by atoms with Crippen molar-refractivity contribution in [2.24, 2.45) is 0 Å². The summed E-state index contributed by atoms with van der Waals surface area (Å²) in [6, 6.07) is 4.11. The number of hydrogen-bond donors (Lipinski definition) is 0. The molecule has 19 heavy (non-hydrogen) atoms. The fourth-order valence-corrected chi connectivity index (χ4v) is 2.47. The van der Waals surface area contributed by atoms with Gasteiger partial charge in [-0.1, -0.05) is 6.07 Å². The third kappa shape index (κ3) is 2.93. The number of aryl methyl sites for hydroxylation is 1. The molecule has 5 heteroatoms. The fraction of sp³-hybridized carbons (Fsp3) is 0.571. The predicted octanol–water partition coefficient (Wildman–Crippen LogP) is 0.828. The molecule has 0 unspecified atom stereocenters. The van der Waals surface area contributed by atoms with Crippen LogP contribution >= 0.6 is 0 Å². The van der Waals surface area contributed by atoms with E-state index in [-0.39, 0.29) is 0 Å². The Kier molecular flexibility index (Phi) is 3.48. The Morgan fingerprint density at radius 3 is 2.74 bits per heavy atom. The Morgan fingerprint density at radius 2 is 1.95 bits per heavy atom. The molecule has 102 valence electrons. The number of pyridine rings is 1. The summed E-state index contributed by atoms with van der Waals surface area (Å²) in [5.41, 5.74) is 2.15. The van der Waals surface area contributed by atoms with Gasteiger partial charge in [0.1, 0.15) is 0 Å². The van der Waals surface area contributed by atoms with Crippen molar-refractivity contribution in [2.45, 2.75) is 13.3 Å². The largest absolute Gasteiger partial charge is 0.304 e. The van der Waals surface area contributed by atoms with Gasteiger partial charge < -0.3 is 9.80 Å². The van der Waals surface area contributed by atoms with E-state index in [0.717, 1.165) is 50.6 Å². The Morgan fingerprint density at radius 1 is 1.16 bits per heavy atom. The van der Waals surface area contributed by atoms with E-state index >= 15 is 0 Å². The van der Waals surface area contributed by atoms with E-state index in [1.54, 1.807) is 0 Å². The lowest BCUT2D eigenvalue weighted by Crippen LogP contribution is -2.45. The normalized spacial score (nSPS) is 18.2. The van der Waals surface area contributed by atoms with Crippen LogP contribution in [0.15, 0.2) is 18.3 Å². The predicted molar refractivity (Wildman–Crippen MR) is 75.4 cm³/mol. The summed E-state index contributed by atoms with van der Waals surface area (Å²) >= 11 is 0.